The van der Waals surface area contributed by atoms with Crippen LogP contribution in [0.2, 0.25) is 0 Å². The molecule has 3 heteroatoms. The molecule has 0 atom stereocenters. The van der Waals surface area contributed by atoms with E-state index in [0.717, 1.165) is 26.1 Å². The Morgan fingerprint density at radius 1 is 1.33 bits per heavy atom. The molecule has 18 heavy (non-hydrogen) atoms. The number of para-hydroxylation sites is 1. The first kappa shape index (κ1) is 11.3. The molecule has 3 nitrogen and oxygen atoms in total. The number of aryl methyl sites for hydroxylation is 1. The molecule has 1 aliphatic rings. The predicted molar refractivity (Wildman–Crippen MR) is 73.4 cm³/mol. The highest BCUT2D eigenvalue weighted by Crippen LogP contribution is 2.29. The third-order valence-corrected chi connectivity index (χ3v) is 3.92. The van der Waals surface area contributed by atoms with Gasteiger partial charge in [-0.3, -0.25) is 4.90 Å². The van der Waals surface area contributed by atoms with Gasteiger partial charge < -0.3 is 9.41 Å². The second kappa shape index (κ2) is 4.47. The maximum Gasteiger partial charge on any atom is 0.227 e. The Labute approximate surface area is 107 Å². The molecule has 0 spiro atoms. The second-order valence-corrected chi connectivity index (χ2v) is 4.91. The summed E-state index contributed by atoms with van der Waals surface area (Å²) in [5.41, 5.74) is 4.26. The monoisotopic (exact) mass is 239 g/mol. The SMILES string of the molecule is [C-]#[N+]CCN1CCc2c(c3ccccc3n2C)C1. The minimum absolute atomic E-state index is 0.611. The van der Waals surface area contributed by atoms with E-state index in [1.165, 1.54) is 22.2 Å². The second-order valence-electron chi connectivity index (χ2n) is 4.91. The van der Waals surface area contributed by atoms with E-state index in [1.54, 1.807) is 0 Å². The molecule has 2 aromatic rings. The lowest BCUT2D eigenvalue weighted by molar-refractivity contribution is 0.264. The van der Waals surface area contributed by atoms with Gasteiger partial charge in [-0.1, -0.05) is 18.2 Å². The zero-order chi connectivity index (χ0) is 12.5. The average Bonchev–Trinajstić information content (AvgIpc) is 2.71. The fourth-order valence-corrected chi connectivity index (χ4v) is 2.97. The van der Waals surface area contributed by atoms with E-state index in [1.807, 2.05) is 0 Å². The van der Waals surface area contributed by atoms with Crippen molar-refractivity contribution in [2.24, 2.45) is 7.05 Å². The third-order valence-electron chi connectivity index (χ3n) is 3.92. The summed E-state index contributed by atoms with van der Waals surface area (Å²) >= 11 is 0. The van der Waals surface area contributed by atoms with Crippen molar-refractivity contribution < 1.29 is 0 Å². The van der Waals surface area contributed by atoms with Crippen molar-refractivity contribution in [1.82, 2.24) is 9.47 Å². The number of aromatic nitrogens is 1. The first-order valence-electron chi connectivity index (χ1n) is 6.42. The van der Waals surface area contributed by atoms with Gasteiger partial charge in [0, 0.05) is 43.2 Å². The maximum atomic E-state index is 6.90. The largest absolute Gasteiger partial charge is 0.347 e. The van der Waals surface area contributed by atoms with Crippen molar-refractivity contribution in [2.75, 3.05) is 19.6 Å². The van der Waals surface area contributed by atoms with E-state index in [0.29, 0.717) is 6.54 Å². The Bertz CT molecular complexity index is 618. The normalized spacial score (nSPS) is 15.6. The van der Waals surface area contributed by atoms with Crippen molar-refractivity contribution in [3.8, 4) is 0 Å². The molecule has 0 saturated heterocycles. The number of hydrogen-bond acceptors (Lipinski definition) is 1. The number of nitrogens with zero attached hydrogens (tertiary/aromatic N) is 3. The number of benzene rings is 1. The van der Waals surface area contributed by atoms with Gasteiger partial charge in [0.1, 0.15) is 0 Å². The Morgan fingerprint density at radius 2 is 2.17 bits per heavy atom. The fraction of sp³-hybridized carbons (Fsp3) is 0.400. The van der Waals surface area contributed by atoms with Crippen LogP contribution in [0.3, 0.4) is 0 Å². The number of rotatable bonds is 2. The van der Waals surface area contributed by atoms with E-state index < -0.39 is 0 Å². The van der Waals surface area contributed by atoms with Gasteiger partial charge in [-0.25, -0.2) is 6.57 Å². The highest BCUT2D eigenvalue weighted by Gasteiger charge is 2.22. The molecule has 92 valence electrons. The van der Waals surface area contributed by atoms with Gasteiger partial charge in [-0.2, -0.15) is 0 Å². The van der Waals surface area contributed by atoms with E-state index in [4.69, 9.17) is 6.57 Å². The molecule has 0 N–H and O–H groups in total. The van der Waals surface area contributed by atoms with Crippen LogP contribution in [0, 0.1) is 6.57 Å². The number of hydrogen-bond donors (Lipinski definition) is 0. The van der Waals surface area contributed by atoms with Gasteiger partial charge in [-0.05, 0) is 11.6 Å². The van der Waals surface area contributed by atoms with Crippen LogP contribution in [-0.4, -0.2) is 29.1 Å². The Kier molecular flexibility index (Phi) is 2.81. The summed E-state index contributed by atoms with van der Waals surface area (Å²) in [6.45, 7) is 10.5. The molecule has 1 aromatic heterocycles. The van der Waals surface area contributed by atoms with Gasteiger partial charge in [0.05, 0.1) is 6.54 Å². The summed E-state index contributed by atoms with van der Waals surface area (Å²) in [6, 6.07) is 8.62. The van der Waals surface area contributed by atoms with Crippen LogP contribution in [-0.2, 0) is 20.0 Å². The van der Waals surface area contributed by atoms with Gasteiger partial charge in [0.2, 0.25) is 6.54 Å². The quantitative estimate of drug-likeness (QED) is 0.733. The Hall–Kier alpha value is -1.79. The predicted octanol–water partition coefficient (Wildman–Crippen LogP) is 2.46. The third kappa shape index (κ3) is 1.70. The molecule has 0 unspecified atom stereocenters. The summed E-state index contributed by atoms with van der Waals surface area (Å²) in [4.78, 5) is 5.85. The maximum absolute atomic E-state index is 6.90. The minimum Gasteiger partial charge on any atom is -0.347 e. The van der Waals surface area contributed by atoms with Crippen molar-refractivity contribution in [3.63, 3.8) is 0 Å². The molecule has 0 amide bonds. The van der Waals surface area contributed by atoms with Crippen molar-refractivity contribution in [1.29, 1.82) is 0 Å². The number of fused-ring (bicyclic) bond motifs is 3. The molecular weight excluding hydrogens is 222 g/mol. The van der Waals surface area contributed by atoms with E-state index in [-0.39, 0.29) is 0 Å². The average molecular weight is 239 g/mol. The molecule has 0 saturated carbocycles. The lowest BCUT2D eigenvalue weighted by atomic mass is 10.0. The summed E-state index contributed by atoms with van der Waals surface area (Å²) < 4.78 is 2.33. The molecule has 0 bridgehead atoms. The molecule has 3 rings (SSSR count). The Balaban J connectivity index is 2.00. The van der Waals surface area contributed by atoms with Gasteiger partial charge in [-0.15, -0.1) is 0 Å². The van der Waals surface area contributed by atoms with Crippen LogP contribution >= 0.6 is 0 Å². The molecule has 2 heterocycles. The van der Waals surface area contributed by atoms with Gasteiger partial charge >= 0.3 is 0 Å². The van der Waals surface area contributed by atoms with Gasteiger partial charge in [0.15, 0.2) is 0 Å². The molecule has 0 fully saturated rings. The van der Waals surface area contributed by atoms with E-state index >= 15 is 0 Å². The summed E-state index contributed by atoms with van der Waals surface area (Å²) in [5.74, 6) is 0. The summed E-state index contributed by atoms with van der Waals surface area (Å²) in [6.07, 6.45) is 1.10. The topological polar surface area (TPSA) is 12.5 Å². The van der Waals surface area contributed by atoms with Crippen LogP contribution in [0.5, 0.6) is 0 Å². The molecule has 0 radical (unpaired) electrons. The molecular formula is C15H17N3. The smallest absolute Gasteiger partial charge is 0.227 e. The summed E-state index contributed by atoms with van der Waals surface area (Å²) in [7, 11) is 2.16. The highest BCUT2D eigenvalue weighted by atomic mass is 15.1. The minimum atomic E-state index is 0.611. The van der Waals surface area contributed by atoms with E-state index in [9.17, 15) is 0 Å². The van der Waals surface area contributed by atoms with Crippen molar-refractivity contribution in [3.05, 3.63) is 46.9 Å². The van der Waals surface area contributed by atoms with Crippen LogP contribution < -0.4 is 0 Å². The highest BCUT2D eigenvalue weighted by molar-refractivity contribution is 5.85. The Morgan fingerprint density at radius 3 is 3.00 bits per heavy atom. The molecule has 1 aliphatic heterocycles. The van der Waals surface area contributed by atoms with E-state index in [2.05, 4.69) is 45.6 Å². The van der Waals surface area contributed by atoms with Gasteiger partial charge in [0.25, 0.3) is 0 Å². The van der Waals surface area contributed by atoms with Crippen LogP contribution in [0.4, 0.5) is 0 Å². The molecule has 1 aromatic carbocycles. The van der Waals surface area contributed by atoms with Crippen LogP contribution in [0.15, 0.2) is 24.3 Å². The lowest BCUT2D eigenvalue weighted by Gasteiger charge is -2.26. The lowest BCUT2D eigenvalue weighted by Crippen LogP contribution is -2.32. The zero-order valence-corrected chi connectivity index (χ0v) is 10.7. The first-order valence-corrected chi connectivity index (χ1v) is 6.42. The fourth-order valence-electron chi connectivity index (χ4n) is 2.97. The standard InChI is InChI=1S/C15H17N3/c1-16-8-10-18-9-7-15-13(11-18)12-5-3-4-6-14(12)17(15)2/h3-6H,7-11H2,2H3. The van der Waals surface area contributed by atoms with Crippen molar-refractivity contribution in [2.45, 2.75) is 13.0 Å². The first-order chi connectivity index (χ1) is 8.81. The van der Waals surface area contributed by atoms with Crippen LogP contribution in [0.1, 0.15) is 11.3 Å². The zero-order valence-electron chi connectivity index (χ0n) is 10.7. The molecule has 0 aliphatic carbocycles. The summed E-state index contributed by atoms with van der Waals surface area (Å²) in [5, 5.41) is 1.38. The van der Waals surface area contributed by atoms with Crippen LogP contribution in [0.25, 0.3) is 15.7 Å². The van der Waals surface area contributed by atoms with Crippen molar-refractivity contribution >= 4 is 10.9 Å².